The highest BCUT2D eigenvalue weighted by atomic mass is 35.5. The van der Waals surface area contributed by atoms with Gasteiger partial charge >= 0.3 is 0 Å². The summed E-state index contributed by atoms with van der Waals surface area (Å²) in [5, 5.41) is 4.25. The third-order valence-electron chi connectivity index (χ3n) is 4.99. The molecule has 0 radical (unpaired) electrons. The van der Waals surface area contributed by atoms with Crippen LogP contribution in [0.25, 0.3) is 0 Å². The van der Waals surface area contributed by atoms with Crippen molar-refractivity contribution in [3.63, 3.8) is 0 Å². The first-order valence-electron chi connectivity index (χ1n) is 7.96. The molecular weight excluding hydrogens is 290 g/mol. The standard InChI is InChI=1S/C20H24ClN/c1-19(2)11-12-20(3,4)18-13-16(9-10-17(18)19)22-15-7-5-14(21)6-8-15/h5-10,13,22H,11-12H2,1-4H3. The molecular formula is C20H24ClN. The molecule has 2 heteroatoms. The molecule has 2 aromatic rings. The van der Waals surface area contributed by atoms with Gasteiger partial charge in [-0.25, -0.2) is 0 Å². The maximum atomic E-state index is 5.95. The summed E-state index contributed by atoms with van der Waals surface area (Å²) in [7, 11) is 0. The van der Waals surface area contributed by atoms with Crippen molar-refractivity contribution >= 4 is 23.0 Å². The van der Waals surface area contributed by atoms with E-state index in [2.05, 4.69) is 51.2 Å². The van der Waals surface area contributed by atoms with Crippen LogP contribution < -0.4 is 5.32 Å². The summed E-state index contributed by atoms with van der Waals surface area (Å²) in [6.45, 7) is 9.42. The number of anilines is 2. The first kappa shape index (κ1) is 15.4. The summed E-state index contributed by atoms with van der Waals surface area (Å²) in [5.74, 6) is 0. The molecule has 0 bridgehead atoms. The zero-order valence-electron chi connectivity index (χ0n) is 13.8. The number of hydrogen-bond donors (Lipinski definition) is 1. The minimum Gasteiger partial charge on any atom is -0.356 e. The fraction of sp³-hybridized carbons (Fsp3) is 0.400. The van der Waals surface area contributed by atoms with Gasteiger partial charge in [-0.1, -0.05) is 45.4 Å². The van der Waals surface area contributed by atoms with Crippen LogP contribution in [0.3, 0.4) is 0 Å². The summed E-state index contributed by atoms with van der Waals surface area (Å²) in [5.41, 5.74) is 5.68. The third kappa shape index (κ3) is 2.87. The Morgan fingerprint density at radius 3 is 1.95 bits per heavy atom. The highest BCUT2D eigenvalue weighted by Gasteiger charge is 2.36. The van der Waals surface area contributed by atoms with Gasteiger partial charge in [0, 0.05) is 16.4 Å². The van der Waals surface area contributed by atoms with Crippen LogP contribution >= 0.6 is 11.6 Å². The van der Waals surface area contributed by atoms with E-state index in [0.29, 0.717) is 0 Å². The van der Waals surface area contributed by atoms with E-state index >= 15 is 0 Å². The van der Waals surface area contributed by atoms with E-state index in [1.807, 2.05) is 24.3 Å². The minimum absolute atomic E-state index is 0.239. The van der Waals surface area contributed by atoms with Crippen LogP contribution in [0, 0.1) is 0 Å². The summed E-state index contributed by atoms with van der Waals surface area (Å²) in [4.78, 5) is 0. The average molecular weight is 314 g/mol. The van der Waals surface area contributed by atoms with E-state index in [9.17, 15) is 0 Å². The van der Waals surface area contributed by atoms with Gasteiger partial charge < -0.3 is 5.32 Å². The number of hydrogen-bond acceptors (Lipinski definition) is 1. The zero-order chi connectivity index (χ0) is 16.0. The Morgan fingerprint density at radius 1 is 0.773 bits per heavy atom. The molecule has 0 atom stereocenters. The number of nitrogens with one attached hydrogen (secondary N) is 1. The molecule has 1 N–H and O–H groups in total. The van der Waals surface area contributed by atoms with Crippen molar-refractivity contribution in [3.05, 3.63) is 58.6 Å². The van der Waals surface area contributed by atoms with Crippen molar-refractivity contribution in [2.75, 3.05) is 5.32 Å². The normalized spacial score (nSPS) is 18.6. The van der Waals surface area contributed by atoms with E-state index in [1.165, 1.54) is 24.0 Å². The molecule has 0 unspecified atom stereocenters. The fourth-order valence-corrected chi connectivity index (χ4v) is 3.49. The van der Waals surface area contributed by atoms with E-state index in [4.69, 9.17) is 11.6 Å². The first-order valence-corrected chi connectivity index (χ1v) is 8.33. The van der Waals surface area contributed by atoms with Gasteiger partial charge in [0.15, 0.2) is 0 Å². The Bertz CT molecular complexity index is 683. The summed E-state index contributed by atoms with van der Waals surface area (Å²) in [6, 6.07) is 14.7. The third-order valence-corrected chi connectivity index (χ3v) is 5.24. The molecule has 1 aliphatic carbocycles. The first-order chi connectivity index (χ1) is 10.3. The van der Waals surface area contributed by atoms with Crippen molar-refractivity contribution in [2.45, 2.75) is 51.4 Å². The van der Waals surface area contributed by atoms with E-state index < -0.39 is 0 Å². The monoisotopic (exact) mass is 313 g/mol. The van der Waals surface area contributed by atoms with Gasteiger partial charge in [0.05, 0.1) is 0 Å². The van der Waals surface area contributed by atoms with E-state index in [-0.39, 0.29) is 10.8 Å². The molecule has 0 heterocycles. The maximum Gasteiger partial charge on any atom is 0.0407 e. The molecule has 3 rings (SSSR count). The lowest BCUT2D eigenvalue weighted by Gasteiger charge is -2.42. The number of halogens is 1. The topological polar surface area (TPSA) is 12.0 Å². The molecule has 1 aliphatic rings. The molecule has 1 nitrogen and oxygen atoms in total. The Labute approximate surface area is 138 Å². The second-order valence-electron chi connectivity index (χ2n) is 7.66. The van der Waals surface area contributed by atoms with Gasteiger partial charge in [-0.3, -0.25) is 0 Å². The molecule has 0 amide bonds. The van der Waals surface area contributed by atoms with Crippen LogP contribution in [-0.2, 0) is 10.8 Å². The summed E-state index contributed by atoms with van der Waals surface area (Å²) < 4.78 is 0. The number of benzene rings is 2. The number of fused-ring (bicyclic) bond motifs is 1. The highest BCUT2D eigenvalue weighted by molar-refractivity contribution is 6.30. The van der Waals surface area contributed by atoms with Gasteiger partial charge in [-0.15, -0.1) is 0 Å². The van der Waals surface area contributed by atoms with Crippen LogP contribution in [0.4, 0.5) is 11.4 Å². The Kier molecular flexibility index (Phi) is 3.72. The maximum absolute atomic E-state index is 5.95. The van der Waals surface area contributed by atoms with Crippen LogP contribution in [0.5, 0.6) is 0 Å². The molecule has 116 valence electrons. The van der Waals surface area contributed by atoms with Gasteiger partial charge in [0.25, 0.3) is 0 Å². The molecule has 0 saturated heterocycles. The second kappa shape index (κ2) is 5.31. The molecule has 0 aliphatic heterocycles. The predicted molar refractivity (Wildman–Crippen MR) is 96.5 cm³/mol. The SMILES string of the molecule is CC1(C)CCC(C)(C)c2cc(Nc3ccc(Cl)cc3)ccc21. The van der Waals surface area contributed by atoms with Crippen LogP contribution in [0.1, 0.15) is 51.7 Å². The average Bonchev–Trinajstić information content (AvgIpc) is 2.47. The van der Waals surface area contributed by atoms with Crippen molar-refractivity contribution in [3.8, 4) is 0 Å². The Balaban J connectivity index is 1.97. The molecule has 0 fully saturated rings. The molecule has 2 aromatic carbocycles. The summed E-state index contributed by atoms with van der Waals surface area (Å²) >= 11 is 5.95. The van der Waals surface area contributed by atoms with Crippen LogP contribution in [-0.4, -0.2) is 0 Å². The summed E-state index contributed by atoms with van der Waals surface area (Å²) in [6.07, 6.45) is 2.48. The van der Waals surface area contributed by atoms with Gasteiger partial charge in [0.1, 0.15) is 0 Å². The van der Waals surface area contributed by atoms with Crippen LogP contribution in [0.15, 0.2) is 42.5 Å². The lowest BCUT2D eigenvalue weighted by atomic mass is 9.63. The quantitative estimate of drug-likeness (QED) is 0.673. The smallest absolute Gasteiger partial charge is 0.0407 e. The lowest BCUT2D eigenvalue weighted by Crippen LogP contribution is -2.33. The number of rotatable bonds is 2. The molecule has 0 saturated carbocycles. The van der Waals surface area contributed by atoms with Gasteiger partial charge in [-0.05, 0) is 71.2 Å². The Hall–Kier alpha value is -1.47. The predicted octanol–water partition coefficient (Wildman–Crippen LogP) is 6.43. The van der Waals surface area contributed by atoms with Crippen molar-refractivity contribution in [1.82, 2.24) is 0 Å². The second-order valence-corrected chi connectivity index (χ2v) is 8.10. The molecule has 0 spiro atoms. The fourth-order valence-electron chi connectivity index (χ4n) is 3.37. The largest absolute Gasteiger partial charge is 0.356 e. The van der Waals surface area contributed by atoms with Gasteiger partial charge in [-0.2, -0.15) is 0 Å². The zero-order valence-corrected chi connectivity index (χ0v) is 14.6. The molecule has 0 aromatic heterocycles. The van der Waals surface area contributed by atoms with E-state index in [1.54, 1.807) is 0 Å². The van der Waals surface area contributed by atoms with Crippen LogP contribution in [0.2, 0.25) is 5.02 Å². The minimum atomic E-state index is 0.239. The van der Waals surface area contributed by atoms with Crippen molar-refractivity contribution in [1.29, 1.82) is 0 Å². The van der Waals surface area contributed by atoms with Crippen molar-refractivity contribution < 1.29 is 0 Å². The lowest BCUT2D eigenvalue weighted by molar-refractivity contribution is 0.332. The molecule has 22 heavy (non-hydrogen) atoms. The van der Waals surface area contributed by atoms with E-state index in [0.717, 1.165) is 16.4 Å². The van der Waals surface area contributed by atoms with Crippen molar-refractivity contribution in [2.24, 2.45) is 0 Å². The highest BCUT2D eigenvalue weighted by Crippen LogP contribution is 2.46. The Morgan fingerprint density at radius 2 is 1.32 bits per heavy atom. The van der Waals surface area contributed by atoms with Gasteiger partial charge in [0.2, 0.25) is 0 Å².